The van der Waals surface area contributed by atoms with Crippen LogP contribution in [0.3, 0.4) is 0 Å². The van der Waals surface area contributed by atoms with E-state index in [9.17, 15) is 9.59 Å². The zero-order valence-electron chi connectivity index (χ0n) is 15.9. The fraction of sp³-hybridized carbons (Fsp3) is 0.474. The van der Waals surface area contributed by atoms with Crippen molar-refractivity contribution < 1.29 is 4.79 Å². The van der Waals surface area contributed by atoms with Crippen molar-refractivity contribution in [3.8, 4) is 0 Å². The fourth-order valence-electron chi connectivity index (χ4n) is 4.00. The molecule has 4 rings (SSSR count). The Balaban J connectivity index is 1.46. The number of hydrogen-bond acceptors (Lipinski definition) is 4. The van der Waals surface area contributed by atoms with Crippen molar-refractivity contribution in [3.63, 3.8) is 0 Å². The Kier molecular flexibility index (Phi) is 5.14. The third kappa shape index (κ3) is 3.51. The maximum absolute atomic E-state index is 13.3. The number of likely N-dealkylation sites (tertiary alicyclic amines) is 1. The number of amides is 1. The summed E-state index contributed by atoms with van der Waals surface area (Å²) in [5.74, 6) is 1.11. The lowest BCUT2D eigenvalue weighted by Gasteiger charge is -2.34. The number of carbonyl (C=O) groups is 1. The summed E-state index contributed by atoms with van der Waals surface area (Å²) < 4.78 is 3.64. The number of aromatic nitrogens is 6. The van der Waals surface area contributed by atoms with E-state index in [1.54, 1.807) is 17.1 Å². The minimum atomic E-state index is -0.300. The van der Waals surface area contributed by atoms with Gasteiger partial charge in [-0.1, -0.05) is 0 Å². The first kappa shape index (κ1) is 18.3. The SMILES string of the molecule is CCn1c(C2CCN(C(=O)[C@H](Cc3cnc[nH]3)n3cccc3)CC2)n[nH]c1=O. The van der Waals surface area contributed by atoms with Gasteiger partial charge in [0.25, 0.3) is 0 Å². The molecule has 28 heavy (non-hydrogen) atoms. The summed E-state index contributed by atoms with van der Waals surface area (Å²) in [4.78, 5) is 34.2. The van der Waals surface area contributed by atoms with Crippen LogP contribution in [-0.2, 0) is 17.8 Å². The van der Waals surface area contributed by atoms with Gasteiger partial charge in [0.1, 0.15) is 11.9 Å². The van der Waals surface area contributed by atoms with Gasteiger partial charge in [-0.2, -0.15) is 5.10 Å². The summed E-state index contributed by atoms with van der Waals surface area (Å²) >= 11 is 0. The number of H-pyrrole nitrogens is 2. The monoisotopic (exact) mass is 383 g/mol. The summed E-state index contributed by atoms with van der Waals surface area (Å²) in [5, 5.41) is 6.76. The largest absolute Gasteiger partial charge is 0.348 e. The highest BCUT2D eigenvalue weighted by Gasteiger charge is 2.31. The quantitative estimate of drug-likeness (QED) is 0.669. The maximum atomic E-state index is 13.3. The lowest BCUT2D eigenvalue weighted by Crippen LogP contribution is -2.43. The van der Waals surface area contributed by atoms with E-state index in [2.05, 4.69) is 20.2 Å². The summed E-state index contributed by atoms with van der Waals surface area (Å²) in [7, 11) is 0. The molecule has 3 aromatic heterocycles. The molecule has 1 amide bonds. The van der Waals surface area contributed by atoms with Gasteiger partial charge in [0, 0.05) is 56.3 Å². The average molecular weight is 383 g/mol. The normalized spacial score (nSPS) is 16.4. The number of imidazole rings is 1. The zero-order chi connectivity index (χ0) is 19.5. The highest BCUT2D eigenvalue weighted by Crippen LogP contribution is 2.28. The van der Waals surface area contributed by atoms with Crippen LogP contribution in [0.15, 0.2) is 41.8 Å². The van der Waals surface area contributed by atoms with Crippen LogP contribution in [0.5, 0.6) is 0 Å². The van der Waals surface area contributed by atoms with E-state index >= 15 is 0 Å². The van der Waals surface area contributed by atoms with E-state index < -0.39 is 0 Å². The summed E-state index contributed by atoms with van der Waals surface area (Å²) in [6, 6.07) is 3.56. The minimum Gasteiger partial charge on any atom is -0.348 e. The second kappa shape index (κ2) is 7.87. The number of nitrogens with zero attached hydrogens (tertiary/aromatic N) is 5. The molecule has 9 nitrogen and oxygen atoms in total. The van der Waals surface area contributed by atoms with Crippen molar-refractivity contribution in [1.29, 1.82) is 0 Å². The van der Waals surface area contributed by atoms with Crippen LogP contribution in [-0.4, -0.2) is 53.2 Å². The molecular weight excluding hydrogens is 358 g/mol. The van der Waals surface area contributed by atoms with Gasteiger partial charge in [-0.05, 0) is 31.9 Å². The third-order valence-corrected chi connectivity index (χ3v) is 5.52. The van der Waals surface area contributed by atoms with E-state index in [1.165, 1.54) is 0 Å². The molecule has 148 valence electrons. The second-order valence-corrected chi connectivity index (χ2v) is 7.16. The molecule has 2 N–H and O–H groups in total. The lowest BCUT2D eigenvalue weighted by molar-refractivity contribution is -0.135. The summed E-state index contributed by atoms with van der Waals surface area (Å²) in [5.41, 5.74) is 0.772. The standard InChI is InChI=1S/C19H25N7O2/c1-2-26-17(22-23-19(26)28)14-5-9-25(10-6-14)18(27)16(24-7-3-4-8-24)11-15-12-20-13-21-15/h3-4,7-8,12-14,16H,2,5-6,9-11H2,1H3,(H,20,21)(H,23,28)/t16-/m0/s1. The first-order valence-electron chi connectivity index (χ1n) is 9.71. The molecule has 0 spiro atoms. The molecule has 1 saturated heterocycles. The van der Waals surface area contributed by atoms with Gasteiger partial charge in [0.2, 0.25) is 5.91 Å². The van der Waals surface area contributed by atoms with Crippen LogP contribution in [0.4, 0.5) is 0 Å². The average Bonchev–Trinajstić information content (AvgIpc) is 3.47. The molecule has 4 heterocycles. The number of piperidine rings is 1. The molecule has 0 aliphatic carbocycles. The first-order chi connectivity index (χ1) is 13.7. The predicted octanol–water partition coefficient (Wildman–Crippen LogP) is 1.31. The van der Waals surface area contributed by atoms with Crippen molar-refractivity contribution in [2.75, 3.05) is 13.1 Å². The molecule has 1 aliphatic rings. The van der Waals surface area contributed by atoms with Crippen molar-refractivity contribution in [2.45, 2.75) is 44.7 Å². The van der Waals surface area contributed by atoms with Crippen LogP contribution < -0.4 is 5.69 Å². The van der Waals surface area contributed by atoms with E-state index in [1.807, 2.05) is 40.9 Å². The van der Waals surface area contributed by atoms with Gasteiger partial charge in [0.05, 0.1) is 6.33 Å². The molecule has 0 radical (unpaired) electrons. The van der Waals surface area contributed by atoms with Crippen LogP contribution >= 0.6 is 0 Å². The number of aromatic amines is 2. The van der Waals surface area contributed by atoms with Crippen molar-refractivity contribution in [1.82, 2.24) is 34.2 Å². The second-order valence-electron chi connectivity index (χ2n) is 7.16. The highest BCUT2D eigenvalue weighted by atomic mass is 16.2. The number of rotatable bonds is 6. The molecule has 1 fully saturated rings. The van der Waals surface area contributed by atoms with Gasteiger partial charge in [-0.3, -0.25) is 9.36 Å². The first-order valence-corrected chi connectivity index (χ1v) is 9.71. The molecular formula is C19H25N7O2. The number of carbonyl (C=O) groups excluding carboxylic acids is 1. The third-order valence-electron chi connectivity index (χ3n) is 5.52. The van der Waals surface area contributed by atoms with Crippen LogP contribution in [0, 0.1) is 0 Å². The molecule has 9 heteroatoms. The van der Waals surface area contributed by atoms with Gasteiger partial charge >= 0.3 is 5.69 Å². The van der Waals surface area contributed by atoms with Gasteiger partial charge in [0.15, 0.2) is 0 Å². The Morgan fingerprint density at radius 2 is 2.04 bits per heavy atom. The molecule has 1 aliphatic heterocycles. The molecule has 1 atom stereocenters. The Morgan fingerprint density at radius 3 is 2.68 bits per heavy atom. The van der Waals surface area contributed by atoms with Crippen LogP contribution in [0.1, 0.15) is 43.2 Å². The Morgan fingerprint density at radius 1 is 1.29 bits per heavy atom. The van der Waals surface area contributed by atoms with Crippen molar-refractivity contribution in [3.05, 3.63) is 59.1 Å². The minimum absolute atomic E-state index is 0.110. The van der Waals surface area contributed by atoms with Crippen molar-refractivity contribution in [2.24, 2.45) is 0 Å². The zero-order valence-corrected chi connectivity index (χ0v) is 15.9. The summed E-state index contributed by atoms with van der Waals surface area (Å²) in [6.07, 6.45) is 9.43. The number of nitrogens with one attached hydrogen (secondary N) is 2. The van der Waals surface area contributed by atoms with E-state index in [0.717, 1.165) is 24.4 Å². The highest BCUT2D eigenvalue weighted by molar-refractivity contribution is 5.81. The smallest absolute Gasteiger partial charge is 0.343 e. The van der Waals surface area contributed by atoms with Gasteiger partial charge in [-0.25, -0.2) is 14.9 Å². The van der Waals surface area contributed by atoms with E-state index in [0.29, 0.717) is 26.1 Å². The molecule has 0 unspecified atom stereocenters. The van der Waals surface area contributed by atoms with Crippen LogP contribution in [0.2, 0.25) is 0 Å². The van der Waals surface area contributed by atoms with Gasteiger partial charge < -0.3 is 14.5 Å². The van der Waals surface area contributed by atoms with Crippen LogP contribution in [0.25, 0.3) is 0 Å². The Hall–Kier alpha value is -3.10. The van der Waals surface area contributed by atoms with Gasteiger partial charge in [-0.15, -0.1) is 0 Å². The molecule has 3 aromatic rings. The Bertz CT molecular complexity index is 947. The molecule has 0 aromatic carbocycles. The fourth-order valence-corrected chi connectivity index (χ4v) is 4.00. The lowest BCUT2D eigenvalue weighted by atomic mass is 9.95. The van der Waals surface area contributed by atoms with Crippen molar-refractivity contribution >= 4 is 5.91 Å². The number of hydrogen-bond donors (Lipinski definition) is 2. The van der Waals surface area contributed by atoms with E-state index in [-0.39, 0.29) is 23.6 Å². The Labute approximate surface area is 162 Å². The summed E-state index contributed by atoms with van der Waals surface area (Å²) in [6.45, 7) is 3.87. The van der Waals surface area contributed by atoms with E-state index in [4.69, 9.17) is 0 Å². The molecule has 0 saturated carbocycles. The predicted molar refractivity (Wildman–Crippen MR) is 103 cm³/mol. The topological polar surface area (TPSA) is 105 Å². The maximum Gasteiger partial charge on any atom is 0.343 e. The molecule has 0 bridgehead atoms.